The Morgan fingerprint density at radius 1 is 0.359 bits per heavy atom. The zero-order valence-electron chi connectivity index (χ0n) is 42.8. The standard InChI is InChI=1S/C59H106O5/c1-4-7-10-13-16-19-22-24-26-28-30-31-33-35-38-40-43-46-49-52-58(60)63-56-57(64-59(61)53-50-47-44-41-37-21-18-15-12-9-6-3)55-62-54-51-48-45-42-39-36-34-32-29-27-25-23-20-17-14-11-8-5-2/h8,11,16-17,19-20,24-27,57H,4-7,9-10,12-15,18,21-23,28-56H2,1-3H3/b11-8-,19-16-,20-17-,26-24-,27-25-. The van der Waals surface area contributed by atoms with Gasteiger partial charge in [-0.1, -0.05) is 242 Å². The average molecular weight is 895 g/mol. The lowest BCUT2D eigenvalue weighted by molar-refractivity contribution is -0.163. The van der Waals surface area contributed by atoms with Gasteiger partial charge in [0.25, 0.3) is 0 Å². The molecule has 0 aliphatic carbocycles. The number of rotatable bonds is 51. The largest absolute Gasteiger partial charge is 0.462 e. The van der Waals surface area contributed by atoms with E-state index in [1.54, 1.807) is 0 Å². The minimum atomic E-state index is -0.540. The maximum absolute atomic E-state index is 12.8. The second-order valence-corrected chi connectivity index (χ2v) is 18.5. The first-order valence-electron chi connectivity index (χ1n) is 27.8. The number of carbonyl (C=O) groups is 2. The van der Waals surface area contributed by atoms with Gasteiger partial charge >= 0.3 is 11.9 Å². The summed E-state index contributed by atoms with van der Waals surface area (Å²) in [6, 6.07) is 0. The van der Waals surface area contributed by atoms with Gasteiger partial charge in [0.15, 0.2) is 6.10 Å². The monoisotopic (exact) mass is 895 g/mol. The van der Waals surface area contributed by atoms with Crippen molar-refractivity contribution in [3.63, 3.8) is 0 Å². The summed E-state index contributed by atoms with van der Waals surface area (Å²) in [5, 5.41) is 0. The molecule has 0 heterocycles. The maximum Gasteiger partial charge on any atom is 0.306 e. The molecule has 0 aromatic rings. The van der Waals surface area contributed by atoms with Crippen molar-refractivity contribution in [2.45, 2.75) is 284 Å². The number of ether oxygens (including phenoxy) is 3. The molecule has 0 saturated carbocycles. The van der Waals surface area contributed by atoms with Crippen molar-refractivity contribution in [2.75, 3.05) is 19.8 Å². The lowest BCUT2D eigenvalue weighted by Crippen LogP contribution is -2.30. The van der Waals surface area contributed by atoms with Crippen LogP contribution in [0, 0.1) is 0 Å². The Balaban J connectivity index is 4.21. The lowest BCUT2D eigenvalue weighted by Gasteiger charge is -2.18. The SMILES string of the molecule is CC/C=C\C/C=C\C/C=C\CCCCCCCCCCOCC(COC(=O)CCCCCCCCCCC/C=C\C/C=C\CCCCC)OC(=O)CCCCCCCCCCCCC. The first kappa shape index (κ1) is 61.6. The molecule has 0 aliphatic heterocycles. The molecule has 0 aromatic heterocycles. The summed E-state index contributed by atoms with van der Waals surface area (Å²) in [6.45, 7) is 7.70. The summed E-state index contributed by atoms with van der Waals surface area (Å²) < 4.78 is 17.4. The van der Waals surface area contributed by atoms with Crippen molar-refractivity contribution in [1.82, 2.24) is 0 Å². The first-order chi connectivity index (χ1) is 31.6. The molecule has 64 heavy (non-hydrogen) atoms. The van der Waals surface area contributed by atoms with Gasteiger partial charge in [-0.2, -0.15) is 0 Å². The molecule has 0 saturated heterocycles. The van der Waals surface area contributed by atoms with Crippen molar-refractivity contribution >= 4 is 11.9 Å². The quantitative estimate of drug-likeness (QED) is 0.0346. The summed E-state index contributed by atoms with van der Waals surface area (Å²) in [5.74, 6) is -0.396. The van der Waals surface area contributed by atoms with Crippen molar-refractivity contribution in [3.05, 3.63) is 60.8 Å². The van der Waals surface area contributed by atoms with Crippen LogP contribution in [0.1, 0.15) is 278 Å². The summed E-state index contributed by atoms with van der Waals surface area (Å²) in [6.07, 6.45) is 69.5. The maximum atomic E-state index is 12.8. The second-order valence-electron chi connectivity index (χ2n) is 18.5. The number of hydrogen-bond donors (Lipinski definition) is 0. The number of carbonyl (C=O) groups excluding carboxylic acids is 2. The Kier molecular flexibility index (Phi) is 52.9. The molecule has 0 bridgehead atoms. The van der Waals surface area contributed by atoms with Crippen LogP contribution in [0.5, 0.6) is 0 Å². The Bertz CT molecular complexity index is 1100. The molecular formula is C59H106O5. The molecule has 1 atom stereocenters. The minimum Gasteiger partial charge on any atom is -0.462 e. The summed E-state index contributed by atoms with van der Waals surface area (Å²) >= 11 is 0. The van der Waals surface area contributed by atoms with Gasteiger partial charge in [-0.25, -0.2) is 0 Å². The van der Waals surface area contributed by atoms with Crippen LogP contribution in [-0.4, -0.2) is 37.9 Å². The van der Waals surface area contributed by atoms with Crippen LogP contribution in [0.3, 0.4) is 0 Å². The van der Waals surface area contributed by atoms with Crippen LogP contribution >= 0.6 is 0 Å². The van der Waals surface area contributed by atoms with Gasteiger partial charge in [0.1, 0.15) is 6.61 Å². The third-order valence-electron chi connectivity index (χ3n) is 12.0. The van der Waals surface area contributed by atoms with E-state index in [0.717, 1.165) is 64.2 Å². The zero-order chi connectivity index (χ0) is 46.3. The fourth-order valence-corrected chi connectivity index (χ4v) is 7.91. The fourth-order valence-electron chi connectivity index (χ4n) is 7.91. The Labute approximate surface area is 398 Å². The van der Waals surface area contributed by atoms with Crippen molar-refractivity contribution < 1.29 is 23.8 Å². The molecule has 0 amide bonds. The van der Waals surface area contributed by atoms with E-state index in [1.165, 1.54) is 180 Å². The van der Waals surface area contributed by atoms with E-state index in [0.29, 0.717) is 19.4 Å². The van der Waals surface area contributed by atoms with Crippen LogP contribution in [0.25, 0.3) is 0 Å². The number of unbranched alkanes of at least 4 members (excludes halogenated alkanes) is 30. The molecule has 0 spiro atoms. The highest BCUT2D eigenvalue weighted by atomic mass is 16.6. The predicted octanol–water partition coefficient (Wildman–Crippen LogP) is 18.9. The van der Waals surface area contributed by atoms with E-state index in [1.807, 2.05) is 0 Å². The third-order valence-corrected chi connectivity index (χ3v) is 12.0. The first-order valence-corrected chi connectivity index (χ1v) is 27.8. The number of allylic oxidation sites excluding steroid dienone is 10. The van der Waals surface area contributed by atoms with E-state index in [9.17, 15) is 9.59 Å². The lowest BCUT2D eigenvalue weighted by atomic mass is 10.1. The Morgan fingerprint density at radius 3 is 1.16 bits per heavy atom. The second kappa shape index (κ2) is 54.9. The zero-order valence-corrected chi connectivity index (χ0v) is 42.8. The smallest absolute Gasteiger partial charge is 0.306 e. The van der Waals surface area contributed by atoms with Crippen molar-refractivity contribution in [3.8, 4) is 0 Å². The Hall–Kier alpha value is -2.40. The highest BCUT2D eigenvalue weighted by Gasteiger charge is 2.17. The molecule has 0 fully saturated rings. The van der Waals surface area contributed by atoms with Gasteiger partial charge in [0, 0.05) is 19.4 Å². The molecule has 5 heteroatoms. The summed E-state index contributed by atoms with van der Waals surface area (Å²) in [4.78, 5) is 25.4. The average Bonchev–Trinajstić information content (AvgIpc) is 3.30. The molecule has 1 unspecified atom stereocenters. The number of esters is 2. The summed E-state index contributed by atoms with van der Waals surface area (Å²) in [7, 11) is 0. The van der Waals surface area contributed by atoms with E-state index in [2.05, 4.69) is 81.5 Å². The molecular weight excluding hydrogens is 789 g/mol. The Morgan fingerprint density at radius 2 is 0.703 bits per heavy atom. The molecule has 0 aliphatic rings. The molecule has 0 radical (unpaired) electrons. The van der Waals surface area contributed by atoms with Gasteiger partial charge < -0.3 is 14.2 Å². The van der Waals surface area contributed by atoms with E-state index in [-0.39, 0.29) is 25.2 Å². The minimum absolute atomic E-state index is 0.0819. The van der Waals surface area contributed by atoms with E-state index >= 15 is 0 Å². The van der Waals surface area contributed by atoms with Gasteiger partial charge in [0.2, 0.25) is 0 Å². The predicted molar refractivity (Wildman–Crippen MR) is 279 cm³/mol. The van der Waals surface area contributed by atoms with E-state index < -0.39 is 6.10 Å². The molecule has 0 aromatic carbocycles. The highest BCUT2D eigenvalue weighted by molar-refractivity contribution is 5.70. The van der Waals surface area contributed by atoms with Crippen molar-refractivity contribution in [1.29, 1.82) is 0 Å². The van der Waals surface area contributed by atoms with Crippen LogP contribution in [0.15, 0.2) is 60.8 Å². The highest BCUT2D eigenvalue weighted by Crippen LogP contribution is 2.15. The summed E-state index contributed by atoms with van der Waals surface area (Å²) in [5.41, 5.74) is 0. The molecule has 0 N–H and O–H groups in total. The molecule has 5 nitrogen and oxygen atoms in total. The van der Waals surface area contributed by atoms with Gasteiger partial charge in [-0.05, 0) is 83.5 Å². The van der Waals surface area contributed by atoms with Crippen LogP contribution in [0.2, 0.25) is 0 Å². The fraction of sp³-hybridized carbons (Fsp3) is 0.797. The van der Waals surface area contributed by atoms with Gasteiger partial charge in [0.05, 0.1) is 6.61 Å². The topological polar surface area (TPSA) is 61.8 Å². The van der Waals surface area contributed by atoms with Gasteiger partial charge in [-0.15, -0.1) is 0 Å². The van der Waals surface area contributed by atoms with Crippen LogP contribution in [-0.2, 0) is 23.8 Å². The number of hydrogen-bond acceptors (Lipinski definition) is 5. The molecule has 372 valence electrons. The normalized spacial score (nSPS) is 12.6. The third kappa shape index (κ3) is 52.2. The van der Waals surface area contributed by atoms with E-state index in [4.69, 9.17) is 14.2 Å². The van der Waals surface area contributed by atoms with Gasteiger partial charge in [-0.3, -0.25) is 9.59 Å². The van der Waals surface area contributed by atoms with Crippen molar-refractivity contribution in [2.24, 2.45) is 0 Å². The molecule has 0 rings (SSSR count). The van der Waals surface area contributed by atoms with Crippen LogP contribution < -0.4 is 0 Å². The van der Waals surface area contributed by atoms with Crippen LogP contribution in [0.4, 0.5) is 0 Å².